The highest BCUT2D eigenvalue weighted by atomic mass is 15.3. The van der Waals surface area contributed by atoms with Gasteiger partial charge in [0.1, 0.15) is 0 Å². The van der Waals surface area contributed by atoms with E-state index in [4.69, 9.17) is 0 Å². The molecule has 1 heterocycles. The van der Waals surface area contributed by atoms with Gasteiger partial charge in [-0.1, -0.05) is 6.92 Å². The van der Waals surface area contributed by atoms with Crippen LogP contribution in [0.1, 0.15) is 38.3 Å². The van der Waals surface area contributed by atoms with Crippen LogP contribution in [0, 0.1) is 23.7 Å². The van der Waals surface area contributed by atoms with Crippen LogP contribution in [0.5, 0.6) is 0 Å². The second-order valence-corrected chi connectivity index (χ2v) is 6.44. The minimum atomic E-state index is 0.834. The van der Waals surface area contributed by atoms with E-state index in [1.807, 2.05) is 6.20 Å². The zero-order valence-corrected chi connectivity index (χ0v) is 11.2. The zero-order valence-electron chi connectivity index (χ0n) is 11.2. The summed E-state index contributed by atoms with van der Waals surface area (Å²) < 4.78 is 2.15. The molecule has 0 aliphatic heterocycles. The van der Waals surface area contributed by atoms with Gasteiger partial charge in [0.25, 0.3) is 0 Å². The highest BCUT2D eigenvalue weighted by Crippen LogP contribution is 2.65. The Morgan fingerprint density at radius 1 is 1.33 bits per heavy atom. The Morgan fingerprint density at radius 3 is 2.83 bits per heavy atom. The van der Waals surface area contributed by atoms with Gasteiger partial charge in [-0.05, 0) is 55.4 Å². The van der Waals surface area contributed by atoms with Crippen molar-refractivity contribution in [1.82, 2.24) is 15.1 Å². The van der Waals surface area contributed by atoms with Gasteiger partial charge >= 0.3 is 0 Å². The molecule has 0 amide bonds. The number of fused-ring (bicyclic) bond motifs is 5. The number of nitrogens with zero attached hydrogens (tertiary/aromatic N) is 2. The molecule has 3 heteroatoms. The normalized spacial score (nSPS) is 40.2. The highest BCUT2D eigenvalue weighted by Gasteiger charge is 2.64. The second kappa shape index (κ2) is 4.09. The lowest BCUT2D eigenvalue weighted by atomic mass is 10.0. The topological polar surface area (TPSA) is 29.9 Å². The van der Waals surface area contributed by atoms with Gasteiger partial charge in [-0.3, -0.25) is 4.68 Å². The van der Waals surface area contributed by atoms with Crippen LogP contribution in [0.4, 0.5) is 0 Å². The van der Waals surface area contributed by atoms with Crippen molar-refractivity contribution < 1.29 is 0 Å². The molecule has 98 valence electrons. The molecule has 1 aromatic heterocycles. The molecule has 0 spiro atoms. The van der Waals surface area contributed by atoms with Gasteiger partial charge in [0.2, 0.25) is 0 Å². The minimum absolute atomic E-state index is 0.834. The monoisotopic (exact) mass is 245 g/mol. The number of aromatic nitrogens is 2. The van der Waals surface area contributed by atoms with E-state index in [1.165, 1.54) is 18.5 Å². The van der Waals surface area contributed by atoms with Gasteiger partial charge in [0.15, 0.2) is 0 Å². The lowest BCUT2D eigenvalue weighted by molar-refractivity contribution is 0.452. The Balaban J connectivity index is 1.36. The Labute approximate surface area is 109 Å². The third-order valence-electron chi connectivity index (χ3n) is 5.49. The molecule has 3 fully saturated rings. The molecule has 18 heavy (non-hydrogen) atoms. The third kappa shape index (κ3) is 1.56. The van der Waals surface area contributed by atoms with Crippen molar-refractivity contribution >= 4 is 0 Å². The maximum absolute atomic E-state index is 4.40. The molecule has 0 saturated heterocycles. The fraction of sp³-hybridized carbons (Fsp3) is 0.800. The molecule has 0 aromatic carbocycles. The van der Waals surface area contributed by atoms with Gasteiger partial charge in [0.05, 0.1) is 5.69 Å². The Kier molecular flexibility index (Phi) is 2.51. The van der Waals surface area contributed by atoms with E-state index in [0.717, 1.165) is 49.2 Å². The van der Waals surface area contributed by atoms with Gasteiger partial charge in [0, 0.05) is 25.3 Å². The Bertz CT molecular complexity index is 423. The van der Waals surface area contributed by atoms with Crippen molar-refractivity contribution in [3.8, 4) is 0 Å². The second-order valence-electron chi connectivity index (χ2n) is 6.44. The van der Waals surface area contributed by atoms with Crippen LogP contribution in [0.25, 0.3) is 0 Å². The molecular weight excluding hydrogens is 222 g/mol. The molecule has 4 atom stereocenters. The van der Waals surface area contributed by atoms with Gasteiger partial charge < -0.3 is 5.32 Å². The molecule has 1 N–H and O–H groups in total. The first kappa shape index (κ1) is 11.0. The fourth-order valence-corrected chi connectivity index (χ4v) is 4.74. The highest BCUT2D eigenvalue weighted by molar-refractivity contribution is 5.17. The molecule has 4 unspecified atom stereocenters. The maximum Gasteiger partial charge on any atom is 0.0522 e. The van der Waals surface area contributed by atoms with Crippen LogP contribution in [0.15, 0.2) is 12.3 Å². The smallest absolute Gasteiger partial charge is 0.0522 e. The van der Waals surface area contributed by atoms with E-state index in [2.05, 4.69) is 28.1 Å². The number of hydrogen-bond acceptors (Lipinski definition) is 2. The van der Waals surface area contributed by atoms with Gasteiger partial charge in [-0.15, -0.1) is 0 Å². The SMILES string of the molecule is CCCn1nccc1CNC1C2C3CCC(C3)C12. The fourth-order valence-electron chi connectivity index (χ4n) is 4.74. The molecule has 4 rings (SSSR count). The predicted octanol–water partition coefficient (Wildman–Crippen LogP) is 2.43. The van der Waals surface area contributed by atoms with Crippen molar-refractivity contribution in [2.45, 2.75) is 51.7 Å². The molecule has 3 aliphatic rings. The van der Waals surface area contributed by atoms with Crippen LogP contribution in [-0.4, -0.2) is 15.8 Å². The number of aryl methyl sites for hydroxylation is 1. The van der Waals surface area contributed by atoms with Crippen molar-refractivity contribution in [2.75, 3.05) is 0 Å². The van der Waals surface area contributed by atoms with Crippen LogP contribution >= 0.6 is 0 Å². The Morgan fingerprint density at radius 2 is 2.11 bits per heavy atom. The summed E-state index contributed by atoms with van der Waals surface area (Å²) in [4.78, 5) is 0. The van der Waals surface area contributed by atoms with Crippen molar-refractivity contribution in [1.29, 1.82) is 0 Å². The van der Waals surface area contributed by atoms with Crippen molar-refractivity contribution in [2.24, 2.45) is 23.7 Å². The summed E-state index contributed by atoms with van der Waals surface area (Å²) in [5.74, 6) is 4.20. The maximum atomic E-state index is 4.40. The third-order valence-corrected chi connectivity index (χ3v) is 5.49. The summed E-state index contributed by atoms with van der Waals surface area (Å²) in [6, 6.07) is 3.00. The first-order valence-corrected chi connectivity index (χ1v) is 7.62. The number of rotatable bonds is 5. The van der Waals surface area contributed by atoms with E-state index in [9.17, 15) is 0 Å². The predicted molar refractivity (Wildman–Crippen MR) is 71.0 cm³/mol. The van der Waals surface area contributed by atoms with E-state index >= 15 is 0 Å². The molecule has 3 nitrogen and oxygen atoms in total. The van der Waals surface area contributed by atoms with E-state index in [1.54, 1.807) is 6.42 Å². The van der Waals surface area contributed by atoms with Crippen molar-refractivity contribution in [3.63, 3.8) is 0 Å². The zero-order chi connectivity index (χ0) is 12.1. The summed E-state index contributed by atoms with van der Waals surface area (Å²) in [5, 5.41) is 8.20. The lowest BCUT2D eigenvalue weighted by Gasteiger charge is -2.11. The number of nitrogens with one attached hydrogen (secondary N) is 1. The van der Waals surface area contributed by atoms with Crippen LogP contribution in [0.2, 0.25) is 0 Å². The molecule has 0 radical (unpaired) electrons. The quantitative estimate of drug-likeness (QED) is 0.863. The average molecular weight is 245 g/mol. The molecule has 1 aromatic rings. The van der Waals surface area contributed by atoms with E-state index in [0.29, 0.717) is 0 Å². The molecule has 2 bridgehead atoms. The standard InChI is InChI=1S/C15H23N3/c1-2-7-18-12(5-6-17-18)9-16-15-13-10-3-4-11(8-10)14(13)15/h5-6,10-11,13-16H,2-4,7-9H2,1H3. The average Bonchev–Trinajstić information content (AvgIpc) is 2.78. The van der Waals surface area contributed by atoms with Crippen LogP contribution in [0.3, 0.4) is 0 Å². The van der Waals surface area contributed by atoms with Crippen LogP contribution in [-0.2, 0) is 13.1 Å². The van der Waals surface area contributed by atoms with E-state index in [-0.39, 0.29) is 0 Å². The van der Waals surface area contributed by atoms with Gasteiger partial charge in [-0.25, -0.2) is 0 Å². The first-order valence-electron chi connectivity index (χ1n) is 7.62. The minimum Gasteiger partial charge on any atom is -0.308 e. The lowest BCUT2D eigenvalue weighted by Crippen LogP contribution is -2.24. The largest absolute Gasteiger partial charge is 0.308 e. The summed E-state index contributed by atoms with van der Waals surface area (Å²) >= 11 is 0. The van der Waals surface area contributed by atoms with Crippen LogP contribution < -0.4 is 5.32 Å². The van der Waals surface area contributed by atoms with Gasteiger partial charge in [-0.2, -0.15) is 5.10 Å². The number of hydrogen-bond donors (Lipinski definition) is 1. The summed E-state index contributed by atoms with van der Waals surface area (Å²) in [5.41, 5.74) is 1.36. The summed E-state index contributed by atoms with van der Waals surface area (Å²) in [6.45, 7) is 4.27. The molecular formula is C15H23N3. The summed E-state index contributed by atoms with van der Waals surface area (Å²) in [6.07, 6.45) is 7.66. The summed E-state index contributed by atoms with van der Waals surface area (Å²) in [7, 11) is 0. The van der Waals surface area contributed by atoms with Crippen molar-refractivity contribution in [3.05, 3.63) is 18.0 Å². The van der Waals surface area contributed by atoms with E-state index < -0.39 is 0 Å². The molecule has 3 aliphatic carbocycles. The first-order chi connectivity index (χ1) is 8.88. The Hall–Kier alpha value is -0.830. The molecule has 3 saturated carbocycles.